The van der Waals surface area contributed by atoms with Crippen LogP contribution in [-0.4, -0.2) is 44.9 Å². The van der Waals surface area contributed by atoms with Crippen LogP contribution >= 0.6 is 11.6 Å². The summed E-state index contributed by atoms with van der Waals surface area (Å²) < 4.78 is 0. The predicted octanol–water partition coefficient (Wildman–Crippen LogP) is 6.12. The lowest BCUT2D eigenvalue weighted by atomic mass is 9.87. The number of ketones is 1. The number of carbonyl (C=O) groups is 4. The molecule has 0 unspecified atom stereocenters. The van der Waals surface area contributed by atoms with Crippen LogP contribution in [0.2, 0.25) is 5.02 Å². The fourth-order valence-corrected chi connectivity index (χ4v) is 5.20. The van der Waals surface area contributed by atoms with Crippen molar-refractivity contribution in [2.24, 2.45) is 11.8 Å². The van der Waals surface area contributed by atoms with Crippen LogP contribution in [0.1, 0.15) is 50.8 Å². The highest BCUT2D eigenvalue weighted by molar-refractivity contribution is 6.30. The SMILES string of the molecule is C[C@H]1[C@@H](C(=O)c2ccc(-c3ccc(Cl)cc3)cc2)CC[C@H]1N1C(=O)c2ccccc2C1=O.O=C(O)O. The topological polar surface area (TPSA) is 112 Å². The van der Waals surface area contributed by atoms with Crippen molar-refractivity contribution in [2.45, 2.75) is 25.8 Å². The molecule has 1 aliphatic carbocycles. The number of fused-ring (bicyclic) bond motifs is 1. The molecule has 184 valence electrons. The molecule has 0 spiro atoms. The smallest absolute Gasteiger partial charge is 0.450 e. The van der Waals surface area contributed by atoms with Crippen molar-refractivity contribution in [1.82, 2.24) is 4.90 Å². The first-order valence-electron chi connectivity index (χ1n) is 11.5. The fourth-order valence-electron chi connectivity index (χ4n) is 5.07. The summed E-state index contributed by atoms with van der Waals surface area (Å²) >= 11 is 5.97. The van der Waals surface area contributed by atoms with E-state index in [9.17, 15) is 14.4 Å². The number of hydrogen-bond donors (Lipinski definition) is 2. The number of amides is 2. The monoisotopic (exact) mass is 505 g/mol. The van der Waals surface area contributed by atoms with E-state index in [4.69, 9.17) is 26.6 Å². The van der Waals surface area contributed by atoms with E-state index in [-0.39, 0.29) is 35.5 Å². The zero-order chi connectivity index (χ0) is 26.0. The Morgan fingerprint density at radius 3 is 1.78 bits per heavy atom. The number of rotatable bonds is 4. The van der Waals surface area contributed by atoms with Crippen LogP contribution in [0.25, 0.3) is 11.1 Å². The molecular weight excluding hydrogens is 482 g/mol. The summed E-state index contributed by atoms with van der Waals surface area (Å²) in [6.45, 7) is 1.98. The Hall–Kier alpha value is -3.97. The molecule has 2 aliphatic rings. The lowest BCUT2D eigenvalue weighted by Gasteiger charge is -2.27. The molecule has 7 nitrogen and oxygen atoms in total. The van der Waals surface area contributed by atoms with Crippen molar-refractivity contribution in [3.05, 3.63) is 94.5 Å². The first kappa shape index (κ1) is 25.1. The third-order valence-electron chi connectivity index (χ3n) is 6.86. The zero-order valence-electron chi connectivity index (χ0n) is 19.4. The van der Waals surface area contributed by atoms with Crippen LogP contribution in [0.4, 0.5) is 4.79 Å². The quantitative estimate of drug-likeness (QED) is 0.326. The summed E-state index contributed by atoms with van der Waals surface area (Å²) in [6, 6.07) is 21.8. The molecule has 0 aromatic heterocycles. The van der Waals surface area contributed by atoms with Crippen molar-refractivity contribution >= 4 is 35.4 Å². The van der Waals surface area contributed by atoms with Crippen LogP contribution in [-0.2, 0) is 0 Å². The highest BCUT2D eigenvalue weighted by Gasteiger charge is 2.47. The second-order valence-corrected chi connectivity index (χ2v) is 9.30. The van der Waals surface area contributed by atoms with Gasteiger partial charge in [-0.25, -0.2) is 4.79 Å². The average Bonchev–Trinajstić information content (AvgIpc) is 3.35. The Morgan fingerprint density at radius 1 is 0.806 bits per heavy atom. The highest BCUT2D eigenvalue weighted by Crippen LogP contribution is 2.40. The molecule has 1 aliphatic heterocycles. The maximum Gasteiger partial charge on any atom is 0.503 e. The van der Waals surface area contributed by atoms with Gasteiger partial charge in [0.15, 0.2) is 5.78 Å². The zero-order valence-corrected chi connectivity index (χ0v) is 20.2. The van der Waals surface area contributed by atoms with Crippen molar-refractivity contribution in [1.29, 1.82) is 0 Å². The lowest BCUT2D eigenvalue weighted by molar-refractivity contribution is 0.0535. The van der Waals surface area contributed by atoms with E-state index in [1.807, 2.05) is 55.5 Å². The van der Waals surface area contributed by atoms with E-state index >= 15 is 0 Å². The Morgan fingerprint density at radius 2 is 1.28 bits per heavy atom. The number of benzene rings is 3. The molecule has 0 saturated heterocycles. The molecular formula is C28H24ClNO6. The van der Waals surface area contributed by atoms with E-state index < -0.39 is 6.16 Å². The van der Waals surface area contributed by atoms with Crippen molar-refractivity contribution < 1.29 is 29.4 Å². The lowest BCUT2D eigenvalue weighted by Crippen LogP contribution is -2.42. The van der Waals surface area contributed by atoms with Crippen LogP contribution in [0.3, 0.4) is 0 Å². The van der Waals surface area contributed by atoms with Gasteiger partial charge in [0.2, 0.25) is 0 Å². The first-order chi connectivity index (χ1) is 17.2. The molecule has 1 saturated carbocycles. The van der Waals surface area contributed by atoms with Gasteiger partial charge in [-0.1, -0.05) is 67.1 Å². The summed E-state index contributed by atoms with van der Waals surface area (Å²) in [7, 11) is 0. The number of hydrogen-bond acceptors (Lipinski definition) is 4. The molecule has 36 heavy (non-hydrogen) atoms. The Bertz CT molecular complexity index is 1280. The molecule has 1 heterocycles. The third kappa shape index (κ3) is 4.88. The maximum atomic E-state index is 13.3. The molecule has 3 aromatic carbocycles. The van der Waals surface area contributed by atoms with E-state index in [0.29, 0.717) is 34.6 Å². The van der Waals surface area contributed by atoms with Gasteiger partial charge in [-0.2, -0.15) is 0 Å². The molecule has 2 N–H and O–H groups in total. The molecule has 0 radical (unpaired) electrons. The van der Waals surface area contributed by atoms with Gasteiger partial charge in [-0.3, -0.25) is 19.3 Å². The van der Waals surface area contributed by atoms with Gasteiger partial charge < -0.3 is 10.2 Å². The summed E-state index contributed by atoms with van der Waals surface area (Å²) in [4.78, 5) is 49.0. The fraction of sp³-hybridized carbons (Fsp3) is 0.214. The normalized spacial score (nSPS) is 20.5. The molecule has 2 amide bonds. The van der Waals surface area contributed by atoms with Crippen molar-refractivity contribution in [3.63, 3.8) is 0 Å². The van der Waals surface area contributed by atoms with Gasteiger partial charge in [-0.15, -0.1) is 0 Å². The number of carbonyl (C=O) groups excluding carboxylic acids is 3. The first-order valence-corrected chi connectivity index (χ1v) is 11.9. The van der Waals surface area contributed by atoms with Gasteiger partial charge in [0.1, 0.15) is 0 Å². The predicted molar refractivity (Wildman–Crippen MR) is 134 cm³/mol. The van der Waals surface area contributed by atoms with E-state index in [0.717, 1.165) is 11.1 Å². The second-order valence-electron chi connectivity index (χ2n) is 8.87. The van der Waals surface area contributed by atoms with Crippen LogP contribution in [0.15, 0.2) is 72.8 Å². The standard InChI is InChI=1S/C27H22ClNO3.CH2O3/c1-16-21(14-15-24(16)29-26(31)22-4-2-3-5-23(22)27(29)32)25(30)19-8-6-17(7-9-19)18-10-12-20(28)13-11-18;2-1(3)4/h2-13,16,21,24H,14-15H2,1H3;(H2,2,3,4)/t16-,21-,24+;/m0./s1. The Kier molecular flexibility index (Phi) is 7.22. The number of halogens is 1. The average molecular weight is 506 g/mol. The number of imide groups is 1. The minimum Gasteiger partial charge on any atom is -0.450 e. The molecule has 5 rings (SSSR count). The maximum absolute atomic E-state index is 13.3. The summed E-state index contributed by atoms with van der Waals surface area (Å²) in [5.74, 6) is -0.739. The third-order valence-corrected chi connectivity index (χ3v) is 7.11. The largest absolute Gasteiger partial charge is 0.503 e. The van der Waals surface area contributed by atoms with Crippen LogP contribution in [0, 0.1) is 11.8 Å². The Labute approximate surface area is 212 Å². The van der Waals surface area contributed by atoms with Crippen LogP contribution in [0.5, 0.6) is 0 Å². The summed E-state index contributed by atoms with van der Waals surface area (Å²) in [5.41, 5.74) is 3.62. The molecule has 0 bridgehead atoms. The van der Waals surface area contributed by atoms with E-state index in [2.05, 4.69) is 0 Å². The van der Waals surface area contributed by atoms with Crippen LogP contribution < -0.4 is 0 Å². The van der Waals surface area contributed by atoms with Crippen molar-refractivity contribution in [2.75, 3.05) is 0 Å². The van der Waals surface area contributed by atoms with E-state index in [1.165, 1.54) is 4.90 Å². The van der Waals surface area contributed by atoms with Gasteiger partial charge in [0.25, 0.3) is 11.8 Å². The minimum absolute atomic E-state index is 0.0688. The number of nitrogens with zero attached hydrogens (tertiary/aromatic N) is 1. The molecule has 8 heteroatoms. The van der Waals surface area contributed by atoms with Gasteiger partial charge in [0, 0.05) is 22.5 Å². The summed E-state index contributed by atoms with van der Waals surface area (Å²) in [6.07, 6.45) is -0.525. The highest BCUT2D eigenvalue weighted by atomic mass is 35.5. The molecule has 1 fully saturated rings. The van der Waals surface area contributed by atoms with Crippen molar-refractivity contribution in [3.8, 4) is 11.1 Å². The molecule has 3 atom stereocenters. The number of carboxylic acid groups (broad SMARTS) is 2. The second kappa shape index (κ2) is 10.3. The molecule has 3 aromatic rings. The van der Waals surface area contributed by atoms with Gasteiger partial charge in [-0.05, 0) is 54.2 Å². The number of Topliss-reactive ketones (excluding diaryl/α,β-unsaturated/α-hetero) is 1. The van der Waals surface area contributed by atoms with Gasteiger partial charge in [0.05, 0.1) is 11.1 Å². The minimum atomic E-state index is -1.83. The summed E-state index contributed by atoms with van der Waals surface area (Å²) in [5, 5.41) is 14.6. The van der Waals surface area contributed by atoms with E-state index in [1.54, 1.807) is 24.3 Å². The Balaban J connectivity index is 0.000000709. The van der Waals surface area contributed by atoms with Gasteiger partial charge >= 0.3 is 6.16 Å².